The Morgan fingerprint density at radius 2 is 0.235 bits per heavy atom. The van der Waals surface area contributed by atoms with Gasteiger partial charge in [-0.3, -0.25) is 0 Å². The van der Waals surface area contributed by atoms with Crippen molar-refractivity contribution < 1.29 is 37.2 Å². The van der Waals surface area contributed by atoms with E-state index in [4.69, 9.17) is 0 Å². The lowest BCUT2D eigenvalue weighted by Gasteiger charge is -2.27. The van der Waals surface area contributed by atoms with Gasteiger partial charge in [0.05, 0.1) is 18.5 Å². The first-order valence-electron chi connectivity index (χ1n) is 27.0. The van der Waals surface area contributed by atoms with Crippen LogP contribution in [0.3, 0.4) is 0 Å². The van der Waals surface area contributed by atoms with Crippen molar-refractivity contribution in [3.05, 3.63) is 381 Å². The van der Waals surface area contributed by atoms with Crippen LogP contribution in [0.15, 0.2) is 364 Å². The van der Waals surface area contributed by atoms with Crippen molar-refractivity contribution in [1.82, 2.24) is 0 Å². The van der Waals surface area contributed by atoms with Gasteiger partial charge in [-0.05, 0) is 126 Å². The van der Waals surface area contributed by atoms with E-state index >= 15 is 0 Å². The van der Waals surface area contributed by atoms with Gasteiger partial charge in [-0.1, -0.05) is 255 Å². The topological polar surface area (TPSA) is 0 Å². The molecule has 0 fully saturated rings. The largest absolute Gasteiger partial charge is 1.00 e. The second-order valence-corrected chi connectivity index (χ2v) is 29.8. The average Bonchev–Trinajstić information content (AvgIpc) is 3.58. The van der Waals surface area contributed by atoms with E-state index in [1.807, 2.05) is 0 Å². The van der Waals surface area contributed by atoms with Crippen molar-refractivity contribution >= 4 is 69.5 Å². The molecule has 0 saturated carbocycles. The van der Waals surface area contributed by atoms with Crippen LogP contribution in [0.2, 0.25) is 0 Å². The van der Waals surface area contributed by atoms with Crippen LogP contribution >= 0.6 is 21.8 Å². The second kappa shape index (κ2) is 31.1. The van der Waals surface area contributed by atoms with E-state index < -0.39 is 21.8 Å². The van der Waals surface area contributed by atoms with Gasteiger partial charge in [-0.15, -0.1) is 0 Å². The molecule has 0 aliphatic carbocycles. The minimum atomic E-state index is -1.78. The highest BCUT2D eigenvalue weighted by atomic mass is 35.5. The van der Waals surface area contributed by atoms with Gasteiger partial charge in [-0.25, -0.2) is 0 Å². The number of halogens is 3. The fourth-order valence-corrected chi connectivity index (χ4v) is 23.6. The molecule has 0 N–H and O–H groups in total. The molecule has 402 valence electrons. The quantitative estimate of drug-likeness (QED) is 0.102. The monoisotopic (exact) mass is 1160 g/mol. The molecule has 12 aromatic carbocycles. The molecule has 12 rings (SSSR count). The summed E-state index contributed by atoms with van der Waals surface area (Å²) in [5.74, 6) is 0. The van der Waals surface area contributed by atoms with Crippen molar-refractivity contribution in [2.45, 2.75) is 18.5 Å². The van der Waals surface area contributed by atoms with Gasteiger partial charge in [0.25, 0.3) is 0 Å². The van der Waals surface area contributed by atoms with Gasteiger partial charge in [0.2, 0.25) is 0 Å². The highest BCUT2D eigenvalue weighted by Crippen LogP contribution is 2.60. The molecule has 0 amide bonds. The molecule has 0 nitrogen and oxygen atoms in total. The van der Waals surface area contributed by atoms with E-state index in [2.05, 4.69) is 364 Å². The maximum absolute atomic E-state index is 2.30. The molecular weight excluding hydrogens is 1100 g/mol. The molecule has 0 aliphatic rings. The minimum Gasteiger partial charge on any atom is -1.00 e. The molecule has 81 heavy (non-hydrogen) atoms. The lowest BCUT2D eigenvalue weighted by atomic mass is 10.2. The van der Waals surface area contributed by atoms with Crippen molar-refractivity contribution in [3.8, 4) is 0 Å². The smallest absolute Gasteiger partial charge is 0.116 e. The van der Waals surface area contributed by atoms with E-state index in [1.54, 1.807) is 0 Å². The number of hydrogen-bond acceptors (Lipinski definition) is 0. The van der Waals surface area contributed by atoms with Crippen LogP contribution in [0.4, 0.5) is 0 Å². The van der Waals surface area contributed by atoms with Crippen molar-refractivity contribution in [2.24, 2.45) is 0 Å². The van der Waals surface area contributed by atoms with Gasteiger partial charge < -0.3 is 37.2 Å². The Morgan fingerprint density at radius 1 is 0.136 bits per heavy atom. The fraction of sp³-hybridized carbons (Fsp3) is 0.0400. The number of hydrogen-bond donors (Lipinski definition) is 0. The van der Waals surface area contributed by atoms with E-state index in [-0.39, 0.29) is 37.2 Å². The summed E-state index contributed by atoms with van der Waals surface area (Å²) in [4.78, 5) is 0. The highest BCUT2D eigenvalue weighted by molar-refractivity contribution is 7.96. The van der Waals surface area contributed by atoms with Crippen LogP contribution in [-0.4, -0.2) is 0 Å². The lowest BCUT2D eigenvalue weighted by Crippen LogP contribution is -3.00. The Balaban J connectivity index is 0.000000172. The summed E-state index contributed by atoms with van der Waals surface area (Å²) >= 11 is 0. The molecule has 0 atom stereocenters. The normalized spacial score (nSPS) is 10.8. The summed E-state index contributed by atoms with van der Waals surface area (Å²) in [6, 6.07) is 132. The molecule has 0 unspecified atom stereocenters. The first-order chi connectivity index (χ1) is 38.7. The molecule has 0 radical (unpaired) electrons. The van der Waals surface area contributed by atoms with Crippen LogP contribution in [0, 0.1) is 0 Å². The third-order valence-corrected chi connectivity index (χ3v) is 27.7. The zero-order valence-electron chi connectivity index (χ0n) is 45.2. The molecule has 12 aromatic rings. The summed E-state index contributed by atoms with van der Waals surface area (Å²) in [6.07, 6.45) is 3.10. The van der Waals surface area contributed by atoms with Crippen LogP contribution in [0.25, 0.3) is 0 Å². The minimum absolute atomic E-state index is 0. The molecule has 0 saturated heterocycles. The second-order valence-electron chi connectivity index (χ2n) is 19.4. The van der Waals surface area contributed by atoms with E-state index in [1.165, 1.54) is 64.4 Å². The molecule has 0 spiro atoms. The van der Waals surface area contributed by atoms with Gasteiger partial charge >= 0.3 is 0 Å². The van der Waals surface area contributed by atoms with E-state index in [9.17, 15) is 0 Å². The molecule has 0 bridgehead atoms. The standard InChI is InChI=1S/3C25H22P.3ClH/c3*1-5-13-22(14-6-1)21-26(23-15-7-2-8-16-23,24-17-9-3-10-18-24)25-19-11-4-12-20-25;;;/h3*1-20H,21H2;3*1H/q3*+1;;;/p-3. The van der Waals surface area contributed by atoms with Gasteiger partial charge in [0, 0.05) is 0 Å². The maximum atomic E-state index is 2.30. The Hall–Kier alpha value is -7.20. The predicted octanol–water partition coefficient (Wildman–Crippen LogP) is 6.55. The third-order valence-electron chi connectivity index (χ3n) is 14.6. The molecule has 6 heteroatoms. The van der Waals surface area contributed by atoms with E-state index in [0.29, 0.717) is 0 Å². The average molecular weight is 1170 g/mol. The first kappa shape index (κ1) is 61.4. The number of benzene rings is 12. The van der Waals surface area contributed by atoms with E-state index in [0.717, 1.165) is 18.5 Å². The van der Waals surface area contributed by atoms with Crippen molar-refractivity contribution in [1.29, 1.82) is 0 Å². The Labute approximate surface area is 502 Å². The Bertz CT molecular complexity index is 2920. The summed E-state index contributed by atoms with van der Waals surface area (Å²) in [7, 11) is -5.33. The van der Waals surface area contributed by atoms with Gasteiger partial charge in [0.15, 0.2) is 0 Å². The molecular formula is C75H66Cl3P3. The zero-order chi connectivity index (χ0) is 53.0. The van der Waals surface area contributed by atoms with Crippen LogP contribution in [0.1, 0.15) is 16.7 Å². The fourth-order valence-electron chi connectivity index (χ4n) is 10.9. The molecule has 0 heterocycles. The number of rotatable bonds is 15. The highest BCUT2D eigenvalue weighted by Gasteiger charge is 2.47. The van der Waals surface area contributed by atoms with Gasteiger partial charge in [0.1, 0.15) is 69.5 Å². The third kappa shape index (κ3) is 14.7. The summed E-state index contributed by atoms with van der Waals surface area (Å²) in [6.45, 7) is 0. The zero-order valence-corrected chi connectivity index (χ0v) is 50.2. The van der Waals surface area contributed by atoms with Crippen LogP contribution in [-0.2, 0) is 18.5 Å². The van der Waals surface area contributed by atoms with Crippen LogP contribution < -0.4 is 85.0 Å². The van der Waals surface area contributed by atoms with Crippen molar-refractivity contribution in [3.63, 3.8) is 0 Å². The summed E-state index contributed by atoms with van der Waals surface area (Å²) < 4.78 is 0. The first-order valence-corrected chi connectivity index (χ1v) is 32.9. The maximum Gasteiger partial charge on any atom is 0.116 e. The van der Waals surface area contributed by atoms with Crippen molar-refractivity contribution in [2.75, 3.05) is 0 Å². The lowest BCUT2D eigenvalue weighted by molar-refractivity contribution is -0.00100. The SMILES string of the molecule is [Cl-].[Cl-].[Cl-].c1ccc(C[P+](c2ccccc2)(c2ccccc2)c2ccccc2)cc1.c1ccc(C[P+](c2ccccc2)(c2ccccc2)c2ccccc2)cc1.c1ccc(C[P+](c2ccccc2)(c2ccccc2)c2ccccc2)cc1. The van der Waals surface area contributed by atoms with Gasteiger partial charge in [-0.2, -0.15) is 0 Å². The molecule has 0 aliphatic heterocycles. The van der Waals surface area contributed by atoms with Crippen LogP contribution in [0.5, 0.6) is 0 Å². The Morgan fingerprint density at radius 3 is 0.346 bits per heavy atom. The summed E-state index contributed by atoms with van der Waals surface area (Å²) in [5.41, 5.74) is 4.16. The Kier molecular flexibility index (Phi) is 23.6. The molecule has 0 aromatic heterocycles. The predicted molar refractivity (Wildman–Crippen MR) is 346 cm³/mol. The summed E-state index contributed by atoms with van der Waals surface area (Å²) in [5, 5.41) is 12.9.